The van der Waals surface area contributed by atoms with Gasteiger partial charge in [0.25, 0.3) is 0 Å². The fourth-order valence-corrected chi connectivity index (χ4v) is 2.85. The first-order valence-electron chi connectivity index (χ1n) is 8.03. The molecule has 5 nitrogen and oxygen atoms in total. The van der Waals surface area contributed by atoms with E-state index in [0.717, 1.165) is 18.2 Å². The highest BCUT2D eigenvalue weighted by Gasteiger charge is 2.09. The predicted molar refractivity (Wildman–Crippen MR) is 98.8 cm³/mol. The Bertz CT molecular complexity index is 844. The van der Waals surface area contributed by atoms with E-state index in [4.69, 9.17) is 0 Å². The summed E-state index contributed by atoms with van der Waals surface area (Å²) in [4.78, 5) is 11.0. The van der Waals surface area contributed by atoms with Crippen LogP contribution in [0, 0.1) is 0 Å². The van der Waals surface area contributed by atoms with E-state index < -0.39 is 0 Å². The second-order valence-electron chi connectivity index (χ2n) is 5.85. The van der Waals surface area contributed by atoms with Gasteiger partial charge < -0.3 is 14.8 Å². The van der Waals surface area contributed by atoms with E-state index in [1.54, 1.807) is 7.05 Å². The Hall–Kier alpha value is -2.82. The maximum Gasteiger partial charge on any atom is 0.194 e. The standard InChI is InChI=1S/C19H23N5/c1-20-19(24(3)14-16-8-6-12-23(16)2)22-13-18-17-9-5-4-7-15(17)10-11-21-18/h4-12H,13-14H2,1-3H3,(H,20,22). The lowest BCUT2D eigenvalue weighted by Crippen LogP contribution is -2.38. The van der Waals surface area contributed by atoms with E-state index in [2.05, 4.69) is 62.3 Å². The minimum absolute atomic E-state index is 0.644. The molecule has 1 aromatic carbocycles. The monoisotopic (exact) mass is 321 g/mol. The summed E-state index contributed by atoms with van der Waals surface area (Å²) in [7, 11) is 5.90. The van der Waals surface area contributed by atoms with Gasteiger partial charge in [0.05, 0.1) is 18.8 Å². The predicted octanol–water partition coefficient (Wildman–Crippen LogP) is 2.78. The van der Waals surface area contributed by atoms with Gasteiger partial charge in [-0.05, 0) is 23.6 Å². The molecule has 0 bridgehead atoms. The minimum atomic E-state index is 0.644. The molecule has 3 rings (SSSR count). The van der Waals surface area contributed by atoms with Crippen LogP contribution >= 0.6 is 0 Å². The number of rotatable bonds is 4. The molecule has 0 aliphatic rings. The fourth-order valence-electron chi connectivity index (χ4n) is 2.85. The molecule has 0 spiro atoms. The number of guanidine groups is 1. The van der Waals surface area contributed by atoms with Crippen LogP contribution in [0.4, 0.5) is 0 Å². The quantitative estimate of drug-likeness (QED) is 0.594. The lowest BCUT2D eigenvalue weighted by molar-refractivity contribution is 0.461. The van der Waals surface area contributed by atoms with E-state index >= 15 is 0 Å². The SMILES string of the molecule is CN=C(NCc1nccc2ccccc12)N(C)Cc1cccn1C. The third kappa shape index (κ3) is 3.40. The Morgan fingerprint density at radius 2 is 2.04 bits per heavy atom. The average Bonchev–Trinajstić information content (AvgIpc) is 3.00. The third-order valence-corrected chi connectivity index (χ3v) is 4.19. The minimum Gasteiger partial charge on any atom is -0.353 e. The summed E-state index contributed by atoms with van der Waals surface area (Å²) in [5.74, 6) is 0.853. The molecular weight excluding hydrogens is 298 g/mol. The van der Waals surface area contributed by atoms with Crippen LogP contribution in [-0.2, 0) is 20.1 Å². The number of hydrogen-bond acceptors (Lipinski definition) is 2. The topological polar surface area (TPSA) is 45.5 Å². The zero-order valence-corrected chi connectivity index (χ0v) is 14.4. The molecule has 0 unspecified atom stereocenters. The van der Waals surface area contributed by atoms with Gasteiger partial charge >= 0.3 is 0 Å². The summed E-state index contributed by atoms with van der Waals surface area (Å²) in [5.41, 5.74) is 2.27. The van der Waals surface area contributed by atoms with Gasteiger partial charge in [-0.2, -0.15) is 0 Å². The van der Waals surface area contributed by atoms with Crippen LogP contribution in [-0.4, -0.2) is 34.5 Å². The van der Waals surface area contributed by atoms with Crippen molar-refractivity contribution in [1.29, 1.82) is 0 Å². The molecule has 3 aromatic rings. The number of fused-ring (bicyclic) bond motifs is 1. The molecule has 0 atom stereocenters. The van der Waals surface area contributed by atoms with Crippen LogP contribution < -0.4 is 5.32 Å². The molecule has 5 heteroatoms. The van der Waals surface area contributed by atoms with Crippen LogP contribution in [0.3, 0.4) is 0 Å². The van der Waals surface area contributed by atoms with Crippen molar-refractivity contribution in [1.82, 2.24) is 19.8 Å². The van der Waals surface area contributed by atoms with Gasteiger partial charge in [0.1, 0.15) is 0 Å². The summed E-state index contributed by atoms with van der Waals surface area (Å²) in [6.07, 6.45) is 3.91. The van der Waals surface area contributed by atoms with Crippen LogP contribution in [0.25, 0.3) is 10.8 Å². The summed E-state index contributed by atoms with van der Waals surface area (Å²) >= 11 is 0. The van der Waals surface area contributed by atoms with E-state index in [-0.39, 0.29) is 0 Å². The van der Waals surface area contributed by atoms with Gasteiger partial charge in [-0.3, -0.25) is 9.98 Å². The molecule has 1 N–H and O–H groups in total. The number of nitrogens with zero attached hydrogens (tertiary/aromatic N) is 4. The van der Waals surface area contributed by atoms with Crippen molar-refractivity contribution in [3.05, 3.63) is 66.2 Å². The Labute approximate surface area is 142 Å². The van der Waals surface area contributed by atoms with Crippen molar-refractivity contribution in [2.45, 2.75) is 13.1 Å². The van der Waals surface area contributed by atoms with E-state index in [9.17, 15) is 0 Å². The number of pyridine rings is 1. The zero-order valence-electron chi connectivity index (χ0n) is 14.4. The van der Waals surface area contributed by atoms with Crippen LogP contribution in [0.15, 0.2) is 59.9 Å². The lowest BCUT2D eigenvalue weighted by atomic mass is 10.1. The Balaban J connectivity index is 1.70. The summed E-state index contributed by atoms with van der Waals surface area (Å²) in [5, 5.41) is 5.79. The van der Waals surface area contributed by atoms with Crippen LogP contribution in [0.2, 0.25) is 0 Å². The number of aliphatic imine (C=N–C) groups is 1. The first kappa shape index (κ1) is 16.1. The molecule has 124 valence electrons. The molecule has 0 saturated carbocycles. The van der Waals surface area contributed by atoms with Gasteiger partial charge in [0.2, 0.25) is 0 Å². The zero-order chi connectivity index (χ0) is 16.9. The largest absolute Gasteiger partial charge is 0.353 e. The highest BCUT2D eigenvalue weighted by Crippen LogP contribution is 2.16. The lowest BCUT2D eigenvalue weighted by Gasteiger charge is -2.22. The van der Waals surface area contributed by atoms with Crippen molar-refractivity contribution in [3.8, 4) is 0 Å². The Morgan fingerprint density at radius 3 is 2.79 bits per heavy atom. The second-order valence-corrected chi connectivity index (χ2v) is 5.85. The van der Waals surface area contributed by atoms with Crippen molar-refractivity contribution >= 4 is 16.7 Å². The van der Waals surface area contributed by atoms with Crippen molar-refractivity contribution in [2.24, 2.45) is 12.0 Å². The number of aryl methyl sites for hydroxylation is 1. The molecule has 0 fully saturated rings. The highest BCUT2D eigenvalue weighted by molar-refractivity contribution is 5.85. The maximum absolute atomic E-state index is 4.52. The fraction of sp³-hybridized carbons (Fsp3) is 0.263. The molecule has 0 aliphatic carbocycles. The van der Waals surface area contributed by atoms with Crippen LogP contribution in [0.1, 0.15) is 11.4 Å². The molecule has 2 heterocycles. The number of benzene rings is 1. The maximum atomic E-state index is 4.52. The third-order valence-electron chi connectivity index (χ3n) is 4.19. The molecular formula is C19H23N5. The number of aromatic nitrogens is 2. The first-order valence-corrected chi connectivity index (χ1v) is 8.03. The van der Waals surface area contributed by atoms with Gasteiger partial charge in [-0.25, -0.2) is 0 Å². The molecule has 0 amide bonds. The molecule has 2 aromatic heterocycles. The smallest absolute Gasteiger partial charge is 0.194 e. The average molecular weight is 321 g/mol. The van der Waals surface area contributed by atoms with Gasteiger partial charge in [-0.15, -0.1) is 0 Å². The van der Waals surface area contributed by atoms with Crippen molar-refractivity contribution in [2.75, 3.05) is 14.1 Å². The molecule has 0 saturated heterocycles. The van der Waals surface area contributed by atoms with E-state index in [1.807, 2.05) is 31.4 Å². The van der Waals surface area contributed by atoms with Gasteiger partial charge in [0, 0.05) is 44.6 Å². The first-order chi connectivity index (χ1) is 11.7. The Kier molecular flexibility index (Phi) is 4.79. The summed E-state index contributed by atoms with van der Waals surface area (Å²) < 4.78 is 2.12. The number of hydrogen-bond donors (Lipinski definition) is 1. The Morgan fingerprint density at radius 1 is 1.21 bits per heavy atom. The molecule has 0 aliphatic heterocycles. The van der Waals surface area contributed by atoms with Crippen LogP contribution in [0.5, 0.6) is 0 Å². The van der Waals surface area contributed by atoms with Gasteiger partial charge in [0.15, 0.2) is 5.96 Å². The molecule has 0 radical (unpaired) electrons. The number of nitrogens with one attached hydrogen (secondary N) is 1. The van der Waals surface area contributed by atoms with E-state index in [1.165, 1.54) is 16.5 Å². The highest BCUT2D eigenvalue weighted by atomic mass is 15.3. The van der Waals surface area contributed by atoms with Gasteiger partial charge in [-0.1, -0.05) is 24.3 Å². The van der Waals surface area contributed by atoms with E-state index in [0.29, 0.717) is 6.54 Å². The molecule has 24 heavy (non-hydrogen) atoms. The summed E-state index contributed by atoms with van der Waals surface area (Å²) in [6.45, 7) is 1.44. The van der Waals surface area contributed by atoms with Crippen molar-refractivity contribution in [3.63, 3.8) is 0 Å². The summed E-state index contributed by atoms with van der Waals surface area (Å²) in [6, 6.07) is 14.5. The van der Waals surface area contributed by atoms with Crippen molar-refractivity contribution < 1.29 is 0 Å². The second kappa shape index (κ2) is 7.17. The normalized spacial score (nSPS) is 11.7.